The van der Waals surface area contributed by atoms with Crippen LogP contribution in [0.3, 0.4) is 0 Å². The molecule has 0 saturated carbocycles. The quantitative estimate of drug-likeness (QED) is 0.337. The Morgan fingerprint density at radius 1 is 1.06 bits per heavy atom. The number of likely N-dealkylation sites (tertiary alicyclic amines) is 1. The van der Waals surface area contributed by atoms with Crippen LogP contribution in [0, 0.1) is 0 Å². The smallest absolute Gasteiger partial charge is 0.295 e. The first kappa shape index (κ1) is 25.0. The number of hydrogen-bond acceptors (Lipinski definition) is 7. The maximum absolute atomic E-state index is 13.2. The van der Waals surface area contributed by atoms with E-state index in [1.807, 2.05) is 0 Å². The molecular weight excluding hydrogens is 472 g/mol. The molecule has 0 aliphatic carbocycles. The molecule has 35 heavy (non-hydrogen) atoms. The molecule has 0 unspecified atom stereocenters. The molecular formula is C26H29ClN2O6. The molecule has 2 aliphatic heterocycles. The van der Waals surface area contributed by atoms with Crippen molar-refractivity contribution in [3.05, 3.63) is 64.2 Å². The van der Waals surface area contributed by atoms with E-state index >= 15 is 0 Å². The van der Waals surface area contributed by atoms with Gasteiger partial charge in [-0.2, -0.15) is 0 Å². The van der Waals surface area contributed by atoms with Crippen molar-refractivity contribution in [2.45, 2.75) is 12.5 Å². The number of benzene rings is 2. The highest BCUT2D eigenvalue weighted by molar-refractivity contribution is 6.46. The molecule has 186 valence electrons. The number of methoxy groups -OCH3 is 2. The zero-order chi connectivity index (χ0) is 24.9. The fraction of sp³-hybridized carbons (Fsp3) is 0.385. The summed E-state index contributed by atoms with van der Waals surface area (Å²) in [6, 6.07) is 11.1. The summed E-state index contributed by atoms with van der Waals surface area (Å²) in [7, 11) is 3.00. The monoisotopic (exact) mass is 500 g/mol. The average molecular weight is 501 g/mol. The van der Waals surface area contributed by atoms with Crippen molar-refractivity contribution in [3.8, 4) is 11.5 Å². The first-order valence-electron chi connectivity index (χ1n) is 11.5. The first-order chi connectivity index (χ1) is 16.9. The second-order valence-corrected chi connectivity index (χ2v) is 8.86. The Hall–Kier alpha value is -3.07. The molecule has 0 spiro atoms. The van der Waals surface area contributed by atoms with Gasteiger partial charge in [0.05, 0.1) is 39.0 Å². The summed E-state index contributed by atoms with van der Waals surface area (Å²) in [5.41, 5.74) is 1.03. The van der Waals surface area contributed by atoms with E-state index in [9.17, 15) is 14.7 Å². The summed E-state index contributed by atoms with van der Waals surface area (Å²) in [6.45, 7) is 4.22. The van der Waals surface area contributed by atoms with Crippen molar-refractivity contribution in [2.75, 3.05) is 53.6 Å². The van der Waals surface area contributed by atoms with Gasteiger partial charge in [-0.15, -0.1) is 0 Å². The SMILES string of the molecule is COc1ccc(C(O)=C2C(=O)C(=O)N(CCCN3CCOCC3)[C@@H]2c2cccc(Cl)c2)cc1OC. The van der Waals surface area contributed by atoms with Crippen LogP contribution in [-0.4, -0.2) is 80.2 Å². The van der Waals surface area contributed by atoms with Gasteiger partial charge >= 0.3 is 0 Å². The molecule has 8 nitrogen and oxygen atoms in total. The van der Waals surface area contributed by atoms with Gasteiger partial charge in [0.1, 0.15) is 5.76 Å². The van der Waals surface area contributed by atoms with Crippen LogP contribution in [-0.2, 0) is 14.3 Å². The third-order valence-corrected chi connectivity index (χ3v) is 6.57. The molecule has 0 radical (unpaired) electrons. The number of aliphatic hydroxyl groups excluding tert-OH is 1. The fourth-order valence-corrected chi connectivity index (χ4v) is 4.76. The predicted molar refractivity (Wildman–Crippen MR) is 132 cm³/mol. The summed E-state index contributed by atoms with van der Waals surface area (Å²) >= 11 is 6.25. The van der Waals surface area contributed by atoms with Crippen LogP contribution in [0.25, 0.3) is 5.76 Å². The lowest BCUT2D eigenvalue weighted by Gasteiger charge is -2.29. The second-order valence-electron chi connectivity index (χ2n) is 8.42. The first-order valence-corrected chi connectivity index (χ1v) is 11.9. The molecule has 2 saturated heterocycles. The number of Topliss-reactive ketones (excluding diaryl/α,β-unsaturated/α-hetero) is 1. The predicted octanol–water partition coefficient (Wildman–Crippen LogP) is 3.50. The molecule has 4 rings (SSSR count). The van der Waals surface area contributed by atoms with Crippen LogP contribution in [0.1, 0.15) is 23.6 Å². The van der Waals surface area contributed by atoms with E-state index in [0.29, 0.717) is 53.8 Å². The average Bonchev–Trinajstić information content (AvgIpc) is 3.13. The number of carbonyl (C=O) groups is 2. The van der Waals surface area contributed by atoms with Crippen LogP contribution in [0.4, 0.5) is 0 Å². The lowest BCUT2D eigenvalue weighted by atomic mass is 9.95. The zero-order valence-corrected chi connectivity index (χ0v) is 20.6. The summed E-state index contributed by atoms with van der Waals surface area (Å²) in [6.07, 6.45) is 0.681. The Bertz CT molecular complexity index is 1130. The van der Waals surface area contributed by atoms with Crippen LogP contribution in [0.2, 0.25) is 5.02 Å². The van der Waals surface area contributed by atoms with Gasteiger partial charge in [0.15, 0.2) is 11.5 Å². The number of ketones is 1. The highest BCUT2D eigenvalue weighted by atomic mass is 35.5. The third-order valence-electron chi connectivity index (χ3n) is 6.34. The van der Waals surface area contributed by atoms with Crippen molar-refractivity contribution in [2.24, 2.45) is 0 Å². The van der Waals surface area contributed by atoms with Crippen molar-refractivity contribution < 1.29 is 28.9 Å². The number of ether oxygens (including phenoxy) is 3. The molecule has 1 N–H and O–H groups in total. The largest absolute Gasteiger partial charge is 0.507 e. The van der Waals surface area contributed by atoms with Crippen LogP contribution in [0.15, 0.2) is 48.0 Å². The van der Waals surface area contributed by atoms with Gasteiger partial charge < -0.3 is 24.2 Å². The summed E-state index contributed by atoms with van der Waals surface area (Å²) in [5.74, 6) is -0.757. The van der Waals surface area contributed by atoms with Crippen molar-refractivity contribution in [3.63, 3.8) is 0 Å². The lowest BCUT2D eigenvalue weighted by Crippen LogP contribution is -2.38. The third kappa shape index (κ3) is 5.29. The van der Waals surface area contributed by atoms with Gasteiger partial charge in [-0.05, 0) is 42.3 Å². The topological polar surface area (TPSA) is 88.5 Å². The van der Waals surface area contributed by atoms with Crippen LogP contribution >= 0.6 is 11.6 Å². The summed E-state index contributed by atoms with van der Waals surface area (Å²) in [4.78, 5) is 30.2. The van der Waals surface area contributed by atoms with Crippen molar-refractivity contribution in [1.82, 2.24) is 9.80 Å². The molecule has 0 aromatic heterocycles. The number of rotatable bonds is 8. The maximum atomic E-state index is 13.2. The number of amides is 1. The van der Waals surface area contributed by atoms with Gasteiger partial charge in [-0.3, -0.25) is 14.5 Å². The minimum Gasteiger partial charge on any atom is -0.507 e. The zero-order valence-electron chi connectivity index (χ0n) is 19.8. The molecule has 0 bridgehead atoms. The fourth-order valence-electron chi connectivity index (χ4n) is 4.56. The molecule has 2 aromatic carbocycles. The number of aliphatic hydroxyl groups is 1. The summed E-state index contributed by atoms with van der Waals surface area (Å²) < 4.78 is 16.0. The van der Waals surface area contributed by atoms with Crippen LogP contribution in [0.5, 0.6) is 11.5 Å². The van der Waals surface area contributed by atoms with E-state index in [0.717, 1.165) is 19.6 Å². The highest BCUT2D eigenvalue weighted by Gasteiger charge is 2.46. The number of halogens is 1. The molecule has 2 heterocycles. The maximum Gasteiger partial charge on any atom is 0.295 e. The van der Waals surface area contributed by atoms with Gasteiger partial charge in [-0.25, -0.2) is 0 Å². The van der Waals surface area contributed by atoms with E-state index < -0.39 is 17.7 Å². The molecule has 1 atom stereocenters. The summed E-state index contributed by atoms with van der Waals surface area (Å²) in [5, 5.41) is 11.7. The molecule has 2 aromatic rings. The minimum atomic E-state index is -0.758. The van der Waals surface area contributed by atoms with E-state index in [2.05, 4.69) is 4.90 Å². The van der Waals surface area contributed by atoms with E-state index in [4.69, 9.17) is 25.8 Å². The Labute approximate surface area is 209 Å². The van der Waals surface area contributed by atoms with Gasteiger partial charge in [-0.1, -0.05) is 23.7 Å². The van der Waals surface area contributed by atoms with Crippen molar-refractivity contribution >= 4 is 29.1 Å². The Morgan fingerprint density at radius 2 is 1.80 bits per heavy atom. The lowest BCUT2D eigenvalue weighted by molar-refractivity contribution is -0.140. The highest BCUT2D eigenvalue weighted by Crippen LogP contribution is 2.41. The second kappa shape index (κ2) is 11.1. The Balaban J connectivity index is 1.70. The number of carbonyl (C=O) groups excluding carboxylic acids is 2. The van der Waals surface area contributed by atoms with E-state index in [1.165, 1.54) is 19.1 Å². The van der Waals surface area contributed by atoms with E-state index in [1.54, 1.807) is 42.5 Å². The standard InChI is InChI=1S/C26H29ClN2O6/c1-33-20-8-7-18(16-21(20)34-2)24(30)22-23(17-5-3-6-19(27)15-17)29(26(32)25(22)31)10-4-9-28-11-13-35-14-12-28/h3,5-8,15-16,23,30H,4,9-14H2,1-2H3/t23-/m1/s1. The normalized spacial score (nSPS) is 20.3. The minimum absolute atomic E-state index is 0.0239. The number of hydrogen-bond donors (Lipinski definition) is 1. The van der Waals surface area contributed by atoms with Crippen LogP contribution < -0.4 is 9.47 Å². The Morgan fingerprint density at radius 3 is 2.49 bits per heavy atom. The van der Waals surface area contributed by atoms with E-state index in [-0.39, 0.29) is 11.3 Å². The molecule has 2 aliphatic rings. The number of morpholine rings is 1. The van der Waals surface area contributed by atoms with Gasteiger partial charge in [0, 0.05) is 36.8 Å². The van der Waals surface area contributed by atoms with Gasteiger partial charge in [0.25, 0.3) is 11.7 Å². The van der Waals surface area contributed by atoms with Crippen molar-refractivity contribution in [1.29, 1.82) is 0 Å². The Kier molecular flexibility index (Phi) is 7.95. The number of nitrogens with zero attached hydrogens (tertiary/aromatic N) is 2. The van der Waals surface area contributed by atoms with Gasteiger partial charge in [0.2, 0.25) is 0 Å². The molecule has 9 heteroatoms. The molecule has 2 fully saturated rings. The molecule has 1 amide bonds.